The van der Waals surface area contributed by atoms with Crippen LogP contribution >= 0.6 is 67.8 Å². The van der Waals surface area contributed by atoms with Crippen LogP contribution in [0.2, 0.25) is 0 Å². The molecule has 31 heavy (non-hydrogen) atoms. The number of benzene rings is 1. The van der Waals surface area contributed by atoms with Gasteiger partial charge in [-0.3, -0.25) is 14.1 Å². The van der Waals surface area contributed by atoms with Crippen molar-refractivity contribution in [1.82, 2.24) is 0 Å². The van der Waals surface area contributed by atoms with Gasteiger partial charge >= 0.3 is 17.9 Å². The molecular formula is C18H15I3O9S. The Morgan fingerprint density at radius 2 is 1.90 bits per heavy atom. The van der Waals surface area contributed by atoms with Gasteiger partial charge in [0, 0.05) is 22.5 Å². The Bertz CT molecular complexity index is 1070. The standard InChI is InChI=1S/C18H15I3O9S/c19-6-3-9(13(21)10(20)4-6)16(22)29-14-7-5-8-12(18(24)30-15(8)14)11(7)17(23)28-1-2-31(25,26)27/h3-4,7-8,11-12,14-15H,1-2,5H2,(H,25,26,27). The SMILES string of the molecule is O=C(OC1C2CC3C1OC(=O)C3C2C(=O)OCCS(=O)(=O)O)c1cc(I)cc(I)c1I. The molecule has 0 radical (unpaired) electrons. The second-order valence-electron chi connectivity index (χ2n) is 7.59. The van der Waals surface area contributed by atoms with Crippen molar-refractivity contribution >= 4 is 95.8 Å². The zero-order valence-corrected chi connectivity index (χ0v) is 22.8. The molecule has 6 unspecified atom stereocenters. The summed E-state index contributed by atoms with van der Waals surface area (Å²) in [7, 11) is -4.28. The third-order valence-corrected chi connectivity index (χ3v) is 10.2. The molecule has 1 heterocycles. The first kappa shape index (κ1) is 23.9. The summed E-state index contributed by atoms with van der Waals surface area (Å²) >= 11 is 6.31. The van der Waals surface area contributed by atoms with Crippen molar-refractivity contribution in [2.75, 3.05) is 12.4 Å². The van der Waals surface area contributed by atoms with Gasteiger partial charge < -0.3 is 14.2 Å². The maximum atomic E-state index is 12.9. The third-order valence-electron chi connectivity index (χ3n) is 5.86. The van der Waals surface area contributed by atoms with Gasteiger partial charge in [0.2, 0.25) is 0 Å². The van der Waals surface area contributed by atoms with E-state index in [1.165, 1.54) is 0 Å². The molecule has 2 saturated carbocycles. The molecule has 168 valence electrons. The Labute approximate surface area is 218 Å². The van der Waals surface area contributed by atoms with Gasteiger partial charge in [0.25, 0.3) is 10.1 Å². The number of fused-ring (bicyclic) bond motifs is 1. The molecule has 2 aliphatic carbocycles. The molecule has 3 aliphatic rings. The van der Waals surface area contributed by atoms with E-state index in [4.69, 9.17) is 18.8 Å². The van der Waals surface area contributed by atoms with Crippen LogP contribution in [0.15, 0.2) is 12.1 Å². The van der Waals surface area contributed by atoms with Gasteiger partial charge in [-0.05, 0) is 86.3 Å². The minimum absolute atomic E-state index is 0.260. The molecule has 1 N–H and O–H groups in total. The number of halogens is 3. The quantitative estimate of drug-likeness (QED) is 0.152. The van der Waals surface area contributed by atoms with E-state index in [2.05, 4.69) is 67.8 Å². The van der Waals surface area contributed by atoms with E-state index in [-0.39, 0.29) is 5.92 Å². The number of esters is 3. The molecule has 2 bridgehead atoms. The van der Waals surface area contributed by atoms with E-state index >= 15 is 0 Å². The summed E-state index contributed by atoms with van der Waals surface area (Å²) in [4.78, 5) is 38.0. The Kier molecular flexibility index (Phi) is 6.80. The van der Waals surface area contributed by atoms with E-state index in [1.54, 1.807) is 6.07 Å². The highest BCUT2D eigenvalue weighted by Crippen LogP contribution is 2.59. The number of hydrogen-bond donors (Lipinski definition) is 1. The number of ether oxygens (including phenoxy) is 3. The van der Waals surface area contributed by atoms with Crippen molar-refractivity contribution in [1.29, 1.82) is 0 Å². The Morgan fingerprint density at radius 3 is 2.58 bits per heavy atom. The number of rotatable bonds is 6. The minimum Gasteiger partial charge on any atom is -0.464 e. The van der Waals surface area contributed by atoms with Crippen LogP contribution in [0.4, 0.5) is 0 Å². The first-order valence-corrected chi connectivity index (χ1v) is 14.0. The third kappa shape index (κ3) is 4.57. The first-order chi connectivity index (χ1) is 14.5. The number of hydrogen-bond acceptors (Lipinski definition) is 8. The maximum absolute atomic E-state index is 12.9. The zero-order chi connectivity index (χ0) is 22.7. The van der Waals surface area contributed by atoms with E-state index < -0.39 is 70.3 Å². The molecule has 4 rings (SSSR count). The molecule has 0 aromatic heterocycles. The van der Waals surface area contributed by atoms with Crippen molar-refractivity contribution in [3.05, 3.63) is 28.4 Å². The summed E-state index contributed by atoms with van der Waals surface area (Å²) in [5.41, 5.74) is 0.396. The normalized spacial score (nSPS) is 30.9. The molecule has 1 aromatic carbocycles. The summed E-state index contributed by atoms with van der Waals surface area (Å²) in [5, 5.41) is 0. The summed E-state index contributed by atoms with van der Waals surface area (Å²) in [6.07, 6.45) is -0.920. The minimum atomic E-state index is -4.28. The van der Waals surface area contributed by atoms with Crippen LogP contribution in [0.25, 0.3) is 0 Å². The van der Waals surface area contributed by atoms with E-state index in [9.17, 15) is 22.8 Å². The van der Waals surface area contributed by atoms with Gasteiger partial charge in [-0.25, -0.2) is 4.79 Å². The number of carbonyl (C=O) groups is 3. The summed E-state index contributed by atoms with van der Waals surface area (Å²) < 4.78 is 49.3. The molecule has 13 heteroatoms. The van der Waals surface area contributed by atoms with Crippen LogP contribution in [-0.2, 0) is 33.9 Å². The highest BCUT2D eigenvalue weighted by molar-refractivity contribution is 14.1. The maximum Gasteiger partial charge on any atom is 0.339 e. The highest BCUT2D eigenvalue weighted by Gasteiger charge is 2.70. The molecule has 0 spiro atoms. The summed E-state index contributed by atoms with van der Waals surface area (Å²) in [6.45, 7) is -0.527. The van der Waals surface area contributed by atoms with E-state index in [0.717, 1.165) is 10.7 Å². The van der Waals surface area contributed by atoms with Crippen LogP contribution in [0, 0.1) is 34.4 Å². The lowest BCUT2D eigenvalue weighted by Crippen LogP contribution is -2.44. The highest BCUT2D eigenvalue weighted by atomic mass is 127. The second kappa shape index (κ2) is 8.83. The summed E-state index contributed by atoms with van der Waals surface area (Å²) in [6, 6.07) is 3.64. The van der Waals surface area contributed by atoms with Crippen LogP contribution in [0.3, 0.4) is 0 Å². The first-order valence-electron chi connectivity index (χ1n) is 9.15. The molecule has 3 fully saturated rings. The zero-order valence-electron chi connectivity index (χ0n) is 15.5. The fraction of sp³-hybridized carbons (Fsp3) is 0.500. The van der Waals surface area contributed by atoms with E-state index in [1.807, 2.05) is 6.07 Å². The van der Waals surface area contributed by atoms with Crippen LogP contribution in [0.1, 0.15) is 16.8 Å². The molecule has 6 atom stereocenters. The molecule has 1 aliphatic heterocycles. The van der Waals surface area contributed by atoms with Crippen molar-refractivity contribution in [3.8, 4) is 0 Å². The van der Waals surface area contributed by atoms with Crippen molar-refractivity contribution in [2.45, 2.75) is 18.6 Å². The number of carbonyl (C=O) groups excluding carboxylic acids is 3. The molecule has 9 nitrogen and oxygen atoms in total. The van der Waals surface area contributed by atoms with Gasteiger partial charge in [-0.15, -0.1) is 0 Å². The predicted molar refractivity (Wildman–Crippen MR) is 130 cm³/mol. The molecule has 0 amide bonds. The van der Waals surface area contributed by atoms with Crippen LogP contribution in [-0.4, -0.2) is 55.4 Å². The van der Waals surface area contributed by atoms with Gasteiger partial charge in [0.15, 0.2) is 0 Å². The average molecular weight is 788 g/mol. The fourth-order valence-corrected chi connectivity index (χ4v) is 7.37. The second-order valence-corrected chi connectivity index (χ2v) is 12.6. The topological polar surface area (TPSA) is 133 Å². The lowest BCUT2D eigenvalue weighted by molar-refractivity contribution is -0.155. The largest absolute Gasteiger partial charge is 0.464 e. The monoisotopic (exact) mass is 788 g/mol. The summed E-state index contributed by atoms with van der Waals surface area (Å²) in [5.74, 6) is -4.88. The lowest BCUT2D eigenvalue weighted by atomic mass is 9.78. The van der Waals surface area contributed by atoms with Crippen molar-refractivity contribution < 1.29 is 41.6 Å². The lowest BCUT2D eigenvalue weighted by Gasteiger charge is -2.30. The van der Waals surface area contributed by atoms with Gasteiger partial charge in [-0.2, -0.15) is 8.42 Å². The Morgan fingerprint density at radius 1 is 1.19 bits per heavy atom. The van der Waals surface area contributed by atoms with Gasteiger partial charge in [0.1, 0.15) is 24.6 Å². The average Bonchev–Trinajstić information content (AvgIpc) is 3.27. The van der Waals surface area contributed by atoms with E-state index in [0.29, 0.717) is 12.0 Å². The van der Waals surface area contributed by atoms with Crippen molar-refractivity contribution in [3.63, 3.8) is 0 Å². The Balaban J connectivity index is 1.53. The van der Waals surface area contributed by atoms with Gasteiger partial charge in [-0.1, -0.05) is 0 Å². The molecular weight excluding hydrogens is 773 g/mol. The molecule has 1 aromatic rings. The molecule has 1 saturated heterocycles. The van der Waals surface area contributed by atoms with Crippen molar-refractivity contribution in [2.24, 2.45) is 23.7 Å². The van der Waals surface area contributed by atoms with Crippen LogP contribution < -0.4 is 0 Å². The van der Waals surface area contributed by atoms with Gasteiger partial charge in [0.05, 0.1) is 17.4 Å². The predicted octanol–water partition coefficient (Wildman–Crippen LogP) is 2.26. The Hall–Kier alpha value is -0.270. The smallest absolute Gasteiger partial charge is 0.339 e. The van der Waals surface area contributed by atoms with Crippen LogP contribution in [0.5, 0.6) is 0 Å². The fourth-order valence-electron chi connectivity index (χ4n) is 4.70.